The van der Waals surface area contributed by atoms with E-state index in [1.807, 2.05) is 18.2 Å². The van der Waals surface area contributed by atoms with E-state index >= 15 is 0 Å². The summed E-state index contributed by atoms with van der Waals surface area (Å²) in [4.78, 5) is 33.3. The van der Waals surface area contributed by atoms with E-state index in [1.54, 1.807) is 24.1 Å². The molecule has 10 heteroatoms. The van der Waals surface area contributed by atoms with Crippen molar-refractivity contribution < 1.29 is 33.3 Å². The van der Waals surface area contributed by atoms with Crippen LogP contribution in [0.2, 0.25) is 0 Å². The van der Waals surface area contributed by atoms with Crippen molar-refractivity contribution in [1.82, 2.24) is 4.90 Å². The minimum atomic E-state index is -0.435. The summed E-state index contributed by atoms with van der Waals surface area (Å²) >= 11 is 0. The molecule has 2 atom stereocenters. The van der Waals surface area contributed by atoms with E-state index in [-0.39, 0.29) is 25.0 Å². The highest BCUT2D eigenvalue weighted by Gasteiger charge is 2.48. The summed E-state index contributed by atoms with van der Waals surface area (Å²) in [5.74, 6) is 2.34. The van der Waals surface area contributed by atoms with Gasteiger partial charge in [-0.2, -0.15) is 4.99 Å². The fourth-order valence-corrected chi connectivity index (χ4v) is 4.60. The monoisotopic (exact) mass is 453 g/mol. The number of hydrogen-bond donors (Lipinski definition) is 0. The molecule has 0 N–H and O–H groups in total. The molecule has 0 radical (unpaired) electrons. The molecule has 10 nitrogen and oxygen atoms in total. The number of ether oxygens (including phenoxy) is 5. The van der Waals surface area contributed by atoms with Crippen molar-refractivity contribution in [2.45, 2.75) is 18.4 Å². The second-order valence-corrected chi connectivity index (χ2v) is 7.84. The lowest BCUT2D eigenvalue weighted by Crippen LogP contribution is -2.54. The van der Waals surface area contributed by atoms with Gasteiger partial charge in [0.05, 0.1) is 33.1 Å². The van der Waals surface area contributed by atoms with Gasteiger partial charge < -0.3 is 28.6 Å². The Hall–Kier alpha value is -3.95. The van der Waals surface area contributed by atoms with E-state index in [4.69, 9.17) is 23.7 Å². The Morgan fingerprint density at radius 3 is 2.33 bits per heavy atom. The molecular formula is C23H23N3O7. The summed E-state index contributed by atoms with van der Waals surface area (Å²) in [6, 6.07) is 8.08. The Labute approximate surface area is 190 Å². The molecule has 0 aromatic heterocycles. The van der Waals surface area contributed by atoms with Crippen LogP contribution in [0.1, 0.15) is 17.9 Å². The smallest absolute Gasteiger partial charge is 0.345 e. The molecule has 2 aromatic rings. The van der Waals surface area contributed by atoms with E-state index in [9.17, 15) is 9.59 Å². The van der Waals surface area contributed by atoms with Gasteiger partial charge in [0.15, 0.2) is 23.0 Å². The van der Waals surface area contributed by atoms with Crippen LogP contribution in [0.3, 0.4) is 0 Å². The topological polar surface area (TPSA) is 99.1 Å². The first-order valence-electron chi connectivity index (χ1n) is 10.3. The number of urea groups is 1. The fourth-order valence-electron chi connectivity index (χ4n) is 4.60. The van der Waals surface area contributed by atoms with Gasteiger partial charge in [-0.3, -0.25) is 9.69 Å². The predicted octanol–water partition coefficient (Wildman–Crippen LogP) is 2.79. The number of methoxy groups -OCH3 is 3. The third-order valence-corrected chi connectivity index (χ3v) is 6.18. The number of amides is 3. The molecule has 0 spiro atoms. The molecule has 1 fully saturated rings. The van der Waals surface area contributed by atoms with Crippen molar-refractivity contribution >= 4 is 23.5 Å². The van der Waals surface area contributed by atoms with Gasteiger partial charge in [0, 0.05) is 31.5 Å². The molecule has 0 bridgehead atoms. The van der Waals surface area contributed by atoms with Crippen LogP contribution >= 0.6 is 0 Å². The summed E-state index contributed by atoms with van der Waals surface area (Å²) in [7, 11) is 6.20. The van der Waals surface area contributed by atoms with Gasteiger partial charge in [-0.15, -0.1) is 0 Å². The molecule has 0 saturated carbocycles. The predicted molar refractivity (Wildman–Crippen MR) is 118 cm³/mol. The molecule has 0 aliphatic carbocycles. The van der Waals surface area contributed by atoms with Gasteiger partial charge in [0.25, 0.3) is 0 Å². The van der Waals surface area contributed by atoms with Crippen molar-refractivity contribution in [1.29, 1.82) is 0 Å². The van der Waals surface area contributed by atoms with E-state index in [1.165, 1.54) is 26.2 Å². The number of hydrogen-bond acceptors (Lipinski definition) is 7. The van der Waals surface area contributed by atoms with Crippen LogP contribution in [-0.2, 0) is 4.79 Å². The van der Waals surface area contributed by atoms with Crippen LogP contribution < -0.4 is 28.6 Å². The molecule has 3 heterocycles. The van der Waals surface area contributed by atoms with Crippen LogP contribution in [0, 0.1) is 0 Å². The number of aliphatic imine (C=N–C) groups is 1. The SMILES string of the molecule is COc1cc(N2C(=O)CC(c3ccc4c(c3)OCO4)C3C2=NC(=O)N3C)cc(OC)c1OC. The molecule has 3 amide bonds. The molecule has 2 unspecified atom stereocenters. The second-order valence-electron chi connectivity index (χ2n) is 7.84. The van der Waals surface area contributed by atoms with Gasteiger partial charge in [0.1, 0.15) is 5.84 Å². The van der Waals surface area contributed by atoms with Gasteiger partial charge in [-0.05, 0) is 17.7 Å². The average molecular weight is 453 g/mol. The lowest BCUT2D eigenvalue weighted by molar-refractivity contribution is -0.118. The van der Waals surface area contributed by atoms with Crippen molar-refractivity contribution in [3.8, 4) is 28.7 Å². The minimum absolute atomic E-state index is 0.159. The van der Waals surface area contributed by atoms with E-state index < -0.39 is 12.1 Å². The van der Waals surface area contributed by atoms with Crippen LogP contribution in [-0.4, -0.2) is 63.9 Å². The van der Waals surface area contributed by atoms with Crippen LogP contribution in [0.4, 0.5) is 10.5 Å². The number of likely N-dealkylation sites (N-methyl/N-ethyl adjacent to an activating group) is 1. The standard InChI is InChI=1S/C23H23N3O7/c1-25-20-14(12-5-6-15-16(7-12)33-11-32-15)10-19(27)26(22(20)24-23(25)28)13-8-17(29-2)21(31-4)18(9-13)30-3/h5-9,14,20H,10-11H2,1-4H3. The Balaban J connectivity index is 1.58. The van der Waals surface area contributed by atoms with Crippen LogP contribution in [0.5, 0.6) is 28.7 Å². The maximum Gasteiger partial charge on any atom is 0.345 e. The number of benzene rings is 2. The summed E-state index contributed by atoms with van der Waals surface area (Å²) in [6.45, 7) is 0.159. The van der Waals surface area contributed by atoms with Crippen molar-refractivity contribution in [2.75, 3.05) is 40.1 Å². The summed E-state index contributed by atoms with van der Waals surface area (Å²) < 4.78 is 27.2. The largest absolute Gasteiger partial charge is 0.493 e. The molecule has 33 heavy (non-hydrogen) atoms. The fraction of sp³-hybridized carbons (Fsp3) is 0.348. The first kappa shape index (κ1) is 20.9. The maximum absolute atomic E-state index is 13.5. The van der Waals surface area contributed by atoms with Crippen LogP contribution in [0.15, 0.2) is 35.3 Å². The summed E-state index contributed by atoms with van der Waals surface area (Å²) in [5.41, 5.74) is 1.35. The highest BCUT2D eigenvalue weighted by Crippen LogP contribution is 2.45. The Morgan fingerprint density at radius 1 is 0.970 bits per heavy atom. The van der Waals surface area contributed by atoms with Crippen molar-refractivity contribution in [2.24, 2.45) is 4.99 Å². The quantitative estimate of drug-likeness (QED) is 0.686. The van der Waals surface area contributed by atoms with Gasteiger partial charge in [-0.1, -0.05) is 6.07 Å². The number of carbonyl (C=O) groups excluding carboxylic acids is 2. The molecular weight excluding hydrogens is 430 g/mol. The van der Waals surface area contributed by atoms with Gasteiger partial charge >= 0.3 is 6.03 Å². The lowest BCUT2D eigenvalue weighted by atomic mass is 9.83. The summed E-state index contributed by atoms with van der Waals surface area (Å²) in [6.07, 6.45) is 0.164. The minimum Gasteiger partial charge on any atom is -0.493 e. The first-order chi connectivity index (χ1) is 16.0. The van der Waals surface area contributed by atoms with Crippen molar-refractivity contribution in [3.05, 3.63) is 35.9 Å². The third kappa shape index (κ3) is 3.21. The third-order valence-electron chi connectivity index (χ3n) is 6.18. The number of carbonyl (C=O) groups is 2. The number of fused-ring (bicyclic) bond motifs is 2. The second kappa shape index (κ2) is 7.88. The van der Waals surface area contributed by atoms with Crippen molar-refractivity contribution in [3.63, 3.8) is 0 Å². The summed E-state index contributed by atoms with van der Waals surface area (Å²) in [5, 5.41) is 0. The molecule has 2 aromatic carbocycles. The molecule has 5 rings (SSSR count). The van der Waals surface area contributed by atoms with Gasteiger partial charge in [-0.25, -0.2) is 4.79 Å². The van der Waals surface area contributed by atoms with E-state index in [2.05, 4.69) is 4.99 Å². The molecule has 1 saturated heterocycles. The number of amidine groups is 1. The number of rotatable bonds is 5. The Bertz CT molecular complexity index is 1150. The Kier molecular flexibility index (Phi) is 4.99. The highest BCUT2D eigenvalue weighted by molar-refractivity contribution is 6.25. The zero-order chi connectivity index (χ0) is 23.3. The maximum atomic E-state index is 13.5. The number of anilines is 1. The van der Waals surface area contributed by atoms with Crippen LogP contribution in [0.25, 0.3) is 0 Å². The van der Waals surface area contributed by atoms with Gasteiger partial charge in [0.2, 0.25) is 18.4 Å². The normalized spacial score (nSPS) is 21.2. The Morgan fingerprint density at radius 2 is 1.67 bits per heavy atom. The molecule has 172 valence electrons. The number of nitrogens with zero attached hydrogens (tertiary/aromatic N) is 3. The zero-order valence-electron chi connectivity index (χ0n) is 18.7. The first-order valence-corrected chi connectivity index (χ1v) is 10.3. The lowest BCUT2D eigenvalue weighted by Gasteiger charge is -2.39. The van der Waals surface area contributed by atoms with E-state index in [0.717, 1.165) is 5.56 Å². The molecule has 3 aliphatic rings. The number of piperidine rings is 1. The highest BCUT2D eigenvalue weighted by atomic mass is 16.7. The zero-order valence-corrected chi connectivity index (χ0v) is 18.7. The molecule has 3 aliphatic heterocycles. The van der Waals surface area contributed by atoms with E-state index in [0.29, 0.717) is 40.3 Å². The average Bonchev–Trinajstić information content (AvgIpc) is 3.41.